The number of fused-ring (bicyclic) bond motifs is 1. The first-order valence-corrected chi connectivity index (χ1v) is 13.6. The molecule has 1 fully saturated rings. The third-order valence-electron chi connectivity index (χ3n) is 5.57. The first-order chi connectivity index (χ1) is 18.0. The van der Waals surface area contributed by atoms with E-state index in [2.05, 4.69) is 50.5 Å². The minimum Gasteiger partial charge on any atom is -0.490 e. The van der Waals surface area contributed by atoms with Crippen LogP contribution in [-0.4, -0.2) is 17.7 Å². The number of thioether (sulfide) groups is 1. The van der Waals surface area contributed by atoms with Gasteiger partial charge in [-0.05, 0) is 92.9 Å². The molecule has 1 aliphatic rings. The Kier molecular flexibility index (Phi) is 7.84. The molecule has 5 rings (SSSR count). The molecule has 1 heterocycles. The molecule has 0 radical (unpaired) electrons. The van der Waals surface area contributed by atoms with Gasteiger partial charge in [-0.25, -0.2) is 4.99 Å². The minimum absolute atomic E-state index is 0.212. The van der Waals surface area contributed by atoms with E-state index in [4.69, 9.17) is 21.1 Å². The Balaban J connectivity index is 1.39. The van der Waals surface area contributed by atoms with Gasteiger partial charge in [0.1, 0.15) is 6.61 Å². The minimum atomic E-state index is -0.212. The van der Waals surface area contributed by atoms with E-state index in [-0.39, 0.29) is 5.91 Å². The van der Waals surface area contributed by atoms with Crippen LogP contribution in [0.15, 0.2) is 93.2 Å². The average Bonchev–Trinajstić information content (AvgIpc) is 3.21. The Morgan fingerprint density at radius 2 is 1.84 bits per heavy atom. The molecule has 0 spiro atoms. The number of carbonyl (C=O) groups excluding carboxylic acids is 1. The smallest absolute Gasteiger partial charge is 0.264 e. The standard InChI is InChI=1S/C29H22BrClN2O3S/c1-2-35-25-14-18(15-26-28(34)33-29(37-26)32-22-11-6-10-21(31)16-22)13-24(30)27(25)36-17-20-9-5-8-19-7-3-4-12-23(19)20/h3-16H,2,17H2,1H3,(H,32,33,34)/b26-15+. The van der Waals surface area contributed by atoms with Gasteiger partial charge in [0.05, 0.1) is 21.7 Å². The molecule has 0 bridgehead atoms. The number of ether oxygens (including phenoxy) is 2. The lowest BCUT2D eigenvalue weighted by molar-refractivity contribution is -0.115. The lowest BCUT2D eigenvalue weighted by Gasteiger charge is -2.15. The number of nitrogens with zero attached hydrogens (tertiary/aromatic N) is 1. The molecule has 0 atom stereocenters. The maximum Gasteiger partial charge on any atom is 0.264 e. The number of hydrogen-bond donors (Lipinski definition) is 1. The largest absolute Gasteiger partial charge is 0.490 e. The summed E-state index contributed by atoms with van der Waals surface area (Å²) in [4.78, 5) is 17.6. The third-order valence-corrected chi connectivity index (χ3v) is 7.31. The number of rotatable bonds is 7. The van der Waals surface area contributed by atoms with Crippen molar-refractivity contribution in [1.29, 1.82) is 0 Å². The summed E-state index contributed by atoms with van der Waals surface area (Å²) in [6.07, 6.45) is 1.81. The van der Waals surface area contributed by atoms with Gasteiger partial charge < -0.3 is 14.8 Å². The number of benzene rings is 4. The zero-order valence-corrected chi connectivity index (χ0v) is 23.0. The summed E-state index contributed by atoms with van der Waals surface area (Å²) in [7, 11) is 0. The van der Waals surface area contributed by atoms with Gasteiger partial charge in [-0.1, -0.05) is 60.1 Å². The molecule has 1 aliphatic heterocycles. The molecule has 0 saturated carbocycles. The molecule has 8 heteroatoms. The van der Waals surface area contributed by atoms with E-state index >= 15 is 0 Å². The summed E-state index contributed by atoms with van der Waals surface area (Å²) >= 11 is 11.0. The maximum atomic E-state index is 12.6. The lowest BCUT2D eigenvalue weighted by atomic mass is 10.1. The molecule has 1 saturated heterocycles. The van der Waals surface area contributed by atoms with Gasteiger partial charge in [0.15, 0.2) is 16.7 Å². The second-order valence-electron chi connectivity index (χ2n) is 8.15. The third kappa shape index (κ3) is 6.01. The molecule has 1 amide bonds. The predicted octanol–water partition coefficient (Wildman–Crippen LogP) is 8.13. The van der Waals surface area contributed by atoms with Gasteiger partial charge in [-0.3, -0.25) is 4.79 Å². The Hall–Kier alpha value is -3.26. The van der Waals surface area contributed by atoms with Crippen molar-refractivity contribution >= 4 is 72.9 Å². The Morgan fingerprint density at radius 1 is 1.03 bits per heavy atom. The van der Waals surface area contributed by atoms with Gasteiger partial charge >= 0.3 is 0 Å². The van der Waals surface area contributed by atoms with Crippen molar-refractivity contribution in [1.82, 2.24) is 5.32 Å². The fraction of sp³-hybridized carbons (Fsp3) is 0.103. The SMILES string of the molecule is CCOc1cc(/C=C2/SC(=Nc3cccc(Cl)c3)NC2=O)cc(Br)c1OCc1cccc2ccccc12. The molecule has 0 unspecified atom stereocenters. The number of amides is 1. The first kappa shape index (κ1) is 25.4. The normalized spacial score (nSPS) is 15.4. The molecule has 37 heavy (non-hydrogen) atoms. The van der Waals surface area contributed by atoms with E-state index in [1.165, 1.54) is 17.1 Å². The highest BCUT2D eigenvalue weighted by atomic mass is 79.9. The van der Waals surface area contributed by atoms with Crippen LogP contribution in [0.3, 0.4) is 0 Å². The monoisotopic (exact) mass is 592 g/mol. The predicted molar refractivity (Wildman–Crippen MR) is 156 cm³/mol. The average molecular weight is 594 g/mol. The number of amidine groups is 1. The van der Waals surface area contributed by atoms with Gasteiger partial charge in [-0.2, -0.15) is 0 Å². The summed E-state index contributed by atoms with van der Waals surface area (Å²) in [6, 6.07) is 25.4. The molecule has 0 aliphatic carbocycles. The summed E-state index contributed by atoms with van der Waals surface area (Å²) in [6.45, 7) is 2.79. The van der Waals surface area contributed by atoms with Crippen LogP contribution in [0.25, 0.3) is 16.8 Å². The van der Waals surface area contributed by atoms with Crippen molar-refractivity contribution in [2.75, 3.05) is 6.61 Å². The van der Waals surface area contributed by atoms with Crippen LogP contribution in [-0.2, 0) is 11.4 Å². The van der Waals surface area contributed by atoms with Gasteiger partial charge in [0.25, 0.3) is 5.91 Å². The fourth-order valence-electron chi connectivity index (χ4n) is 3.94. The van der Waals surface area contributed by atoms with E-state index in [1.807, 2.05) is 55.5 Å². The zero-order valence-electron chi connectivity index (χ0n) is 19.8. The van der Waals surface area contributed by atoms with Crippen molar-refractivity contribution in [3.8, 4) is 11.5 Å². The maximum absolute atomic E-state index is 12.6. The summed E-state index contributed by atoms with van der Waals surface area (Å²) in [5, 5.41) is 6.21. The van der Waals surface area contributed by atoms with Crippen LogP contribution in [0, 0.1) is 0 Å². The molecule has 0 aromatic heterocycles. The number of carbonyl (C=O) groups is 1. The zero-order chi connectivity index (χ0) is 25.8. The van der Waals surface area contributed by atoms with Crippen molar-refractivity contribution in [3.63, 3.8) is 0 Å². The van der Waals surface area contributed by atoms with Crippen LogP contribution in [0.4, 0.5) is 5.69 Å². The van der Waals surface area contributed by atoms with Crippen LogP contribution in [0.2, 0.25) is 5.02 Å². The number of nitrogens with one attached hydrogen (secondary N) is 1. The summed E-state index contributed by atoms with van der Waals surface area (Å²) in [5.41, 5.74) is 2.56. The molecule has 1 N–H and O–H groups in total. The molecule has 186 valence electrons. The second kappa shape index (κ2) is 11.4. The molecule has 4 aromatic rings. The lowest BCUT2D eigenvalue weighted by Crippen LogP contribution is -2.19. The highest BCUT2D eigenvalue weighted by Crippen LogP contribution is 2.39. The van der Waals surface area contributed by atoms with Crippen LogP contribution < -0.4 is 14.8 Å². The van der Waals surface area contributed by atoms with Crippen LogP contribution in [0.1, 0.15) is 18.1 Å². The summed E-state index contributed by atoms with van der Waals surface area (Å²) < 4.78 is 12.9. The Labute approximate surface area is 232 Å². The molecule has 4 aromatic carbocycles. The van der Waals surface area contributed by atoms with Crippen molar-refractivity contribution < 1.29 is 14.3 Å². The molecular formula is C29H22BrClN2O3S. The van der Waals surface area contributed by atoms with E-state index in [1.54, 1.807) is 12.1 Å². The number of hydrogen-bond acceptors (Lipinski definition) is 5. The molecule has 5 nitrogen and oxygen atoms in total. The van der Waals surface area contributed by atoms with Crippen molar-refractivity contribution in [2.45, 2.75) is 13.5 Å². The van der Waals surface area contributed by atoms with Gasteiger partial charge in [-0.15, -0.1) is 0 Å². The second-order valence-corrected chi connectivity index (χ2v) is 10.5. The van der Waals surface area contributed by atoms with E-state index < -0.39 is 0 Å². The fourth-order valence-corrected chi connectivity index (χ4v) is 5.54. The van der Waals surface area contributed by atoms with E-state index in [0.29, 0.717) is 45.5 Å². The number of aliphatic imine (C=N–C) groups is 1. The Bertz CT molecular complexity index is 1550. The molecular weight excluding hydrogens is 572 g/mol. The quantitative estimate of drug-likeness (QED) is 0.220. The van der Waals surface area contributed by atoms with E-state index in [9.17, 15) is 4.79 Å². The van der Waals surface area contributed by atoms with Crippen molar-refractivity contribution in [3.05, 3.63) is 104 Å². The van der Waals surface area contributed by atoms with E-state index in [0.717, 1.165) is 21.0 Å². The highest BCUT2D eigenvalue weighted by Gasteiger charge is 2.24. The van der Waals surface area contributed by atoms with Gasteiger partial charge in [0, 0.05) is 5.02 Å². The van der Waals surface area contributed by atoms with Crippen LogP contribution >= 0.6 is 39.3 Å². The Morgan fingerprint density at radius 3 is 2.68 bits per heavy atom. The summed E-state index contributed by atoms with van der Waals surface area (Å²) in [5.74, 6) is 1.000. The van der Waals surface area contributed by atoms with Crippen LogP contribution in [0.5, 0.6) is 11.5 Å². The first-order valence-electron chi connectivity index (χ1n) is 11.6. The number of halogens is 2. The van der Waals surface area contributed by atoms with Crippen molar-refractivity contribution in [2.24, 2.45) is 4.99 Å². The highest BCUT2D eigenvalue weighted by molar-refractivity contribution is 9.10. The topological polar surface area (TPSA) is 59.9 Å². The van der Waals surface area contributed by atoms with Gasteiger partial charge in [0.2, 0.25) is 0 Å².